The third-order valence-corrected chi connectivity index (χ3v) is 3.89. The van der Waals surface area contributed by atoms with Crippen molar-refractivity contribution in [2.45, 2.75) is 18.1 Å². The van der Waals surface area contributed by atoms with Crippen LogP contribution in [0.1, 0.15) is 6.42 Å². The van der Waals surface area contributed by atoms with Gasteiger partial charge in [0.15, 0.2) is 5.16 Å². The number of halogens is 1. The molecule has 0 aliphatic heterocycles. The Hall–Kier alpha value is -2.13. The predicted octanol–water partition coefficient (Wildman–Crippen LogP) is 1.48. The van der Waals surface area contributed by atoms with Crippen LogP contribution in [0.5, 0.6) is 0 Å². The molecule has 0 unspecified atom stereocenters. The number of ether oxygens (including phenoxy) is 1. The molecule has 2 N–H and O–H groups in total. The molecule has 0 spiro atoms. The van der Waals surface area contributed by atoms with Gasteiger partial charge in [0.1, 0.15) is 5.82 Å². The molecule has 0 atom stereocenters. The number of rotatable bonds is 8. The molecule has 0 saturated carbocycles. The summed E-state index contributed by atoms with van der Waals surface area (Å²) >= 11 is 1.15. The van der Waals surface area contributed by atoms with E-state index in [-0.39, 0.29) is 23.2 Å². The predicted molar refractivity (Wildman–Crippen MR) is 85.1 cm³/mol. The lowest BCUT2D eigenvalue weighted by Gasteiger charge is -2.06. The normalized spacial score (nSPS) is 10.7. The Bertz CT molecular complexity index is 699. The first-order valence-electron chi connectivity index (χ1n) is 6.92. The summed E-state index contributed by atoms with van der Waals surface area (Å²) in [6.45, 7) is 0.998. The summed E-state index contributed by atoms with van der Waals surface area (Å²) in [7, 11) is 1.59. The van der Waals surface area contributed by atoms with Crippen molar-refractivity contribution in [1.82, 2.24) is 14.8 Å². The van der Waals surface area contributed by atoms with Gasteiger partial charge in [-0.3, -0.25) is 9.36 Å². The fourth-order valence-corrected chi connectivity index (χ4v) is 2.61. The zero-order valence-electron chi connectivity index (χ0n) is 12.5. The first-order chi connectivity index (χ1) is 11.1. The van der Waals surface area contributed by atoms with Crippen LogP contribution in [0.3, 0.4) is 0 Å². The maximum atomic E-state index is 12.8. The number of hydrogen-bond acceptors (Lipinski definition) is 5. The Kier molecular flexibility index (Phi) is 6.36. The Morgan fingerprint density at radius 2 is 2.17 bits per heavy atom. The van der Waals surface area contributed by atoms with Gasteiger partial charge in [-0.05, 0) is 30.7 Å². The van der Waals surface area contributed by atoms with Gasteiger partial charge in [-0.15, -0.1) is 5.10 Å². The number of methoxy groups -OCH3 is 1. The van der Waals surface area contributed by atoms with E-state index in [0.717, 1.165) is 11.8 Å². The molecule has 1 amide bonds. The van der Waals surface area contributed by atoms with Gasteiger partial charge in [-0.1, -0.05) is 11.8 Å². The molecule has 0 radical (unpaired) electrons. The number of H-pyrrole nitrogens is 1. The van der Waals surface area contributed by atoms with Crippen LogP contribution in [0.2, 0.25) is 0 Å². The van der Waals surface area contributed by atoms with Crippen molar-refractivity contribution in [3.8, 4) is 0 Å². The van der Waals surface area contributed by atoms with Crippen molar-refractivity contribution < 1.29 is 13.9 Å². The minimum atomic E-state index is -0.367. The largest absolute Gasteiger partial charge is 0.385 e. The van der Waals surface area contributed by atoms with Crippen LogP contribution in [0.4, 0.5) is 10.1 Å². The van der Waals surface area contributed by atoms with Crippen molar-refractivity contribution in [2.24, 2.45) is 0 Å². The highest BCUT2D eigenvalue weighted by Gasteiger charge is 2.11. The highest BCUT2D eigenvalue weighted by atomic mass is 32.2. The number of thioether (sulfide) groups is 1. The van der Waals surface area contributed by atoms with E-state index >= 15 is 0 Å². The van der Waals surface area contributed by atoms with E-state index in [1.807, 2.05) is 0 Å². The first-order valence-corrected chi connectivity index (χ1v) is 7.91. The number of nitrogens with zero attached hydrogens (tertiary/aromatic N) is 2. The minimum Gasteiger partial charge on any atom is -0.385 e. The molecule has 0 aliphatic carbocycles. The number of carbonyl (C=O) groups excluding carboxylic acids is 1. The number of nitrogens with one attached hydrogen (secondary N) is 2. The van der Waals surface area contributed by atoms with Crippen LogP contribution in [0, 0.1) is 5.82 Å². The third-order valence-electron chi connectivity index (χ3n) is 2.91. The van der Waals surface area contributed by atoms with E-state index in [4.69, 9.17) is 4.74 Å². The van der Waals surface area contributed by atoms with Crippen LogP contribution in [0.15, 0.2) is 34.2 Å². The second-order valence-corrected chi connectivity index (χ2v) is 5.60. The lowest BCUT2D eigenvalue weighted by atomic mass is 10.3. The zero-order valence-corrected chi connectivity index (χ0v) is 13.4. The maximum Gasteiger partial charge on any atom is 0.343 e. The van der Waals surface area contributed by atoms with E-state index in [1.54, 1.807) is 7.11 Å². The van der Waals surface area contributed by atoms with Gasteiger partial charge in [0.05, 0.1) is 5.75 Å². The monoisotopic (exact) mass is 340 g/mol. The first kappa shape index (κ1) is 17.2. The lowest BCUT2D eigenvalue weighted by molar-refractivity contribution is -0.113. The molecule has 9 heteroatoms. The maximum absolute atomic E-state index is 12.8. The quantitative estimate of drug-likeness (QED) is 0.561. The highest BCUT2D eigenvalue weighted by Crippen LogP contribution is 2.15. The summed E-state index contributed by atoms with van der Waals surface area (Å²) in [5, 5.41) is 9.36. The van der Waals surface area contributed by atoms with Gasteiger partial charge in [0.2, 0.25) is 5.91 Å². The Morgan fingerprint density at radius 1 is 1.43 bits per heavy atom. The molecule has 1 heterocycles. The molecule has 0 bridgehead atoms. The van der Waals surface area contributed by atoms with Crippen LogP contribution in [-0.2, 0) is 16.1 Å². The number of aromatic nitrogens is 3. The van der Waals surface area contributed by atoms with Crippen molar-refractivity contribution >= 4 is 23.4 Å². The van der Waals surface area contributed by atoms with Crippen LogP contribution >= 0.6 is 11.8 Å². The summed E-state index contributed by atoms with van der Waals surface area (Å²) in [4.78, 5) is 23.5. The van der Waals surface area contributed by atoms with Gasteiger partial charge >= 0.3 is 5.69 Å². The fraction of sp³-hybridized carbons (Fsp3) is 0.357. The average Bonchev–Trinajstić information content (AvgIpc) is 2.88. The average molecular weight is 340 g/mol. The van der Waals surface area contributed by atoms with Gasteiger partial charge in [0.25, 0.3) is 0 Å². The molecule has 1 aromatic carbocycles. The van der Waals surface area contributed by atoms with E-state index in [0.29, 0.717) is 30.4 Å². The number of hydrogen-bond donors (Lipinski definition) is 2. The molecule has 0 fully saturated rings. The van der Waals surface area contributed by atoms with E-state index < -0.39 is 0 Å². The van der Waals surface area contributed by atoms with E-state index in [2.05, 4.69) is 15.5 Å². The number of benzene rings is 1. The van der Waals surface area contributed by atoms with Crippen molar-refractivity contribution in [1.29, 1.82) is 0 Å². The summed E-state index contributed by atoms with van der Waals surface area (Å²) < 4.78 is 19.2. The summed E-state index contributed by atoms with van der Waals surface area (Å²) in [6, 6.07) is 5.49. The van der Waals surface area contributed by atoms with E-state index in [9.17, 15) is 14.0 Å². The molecule has 2 aromatic rings. The van der Waals surface area contributed by atoms with Crippen molar-refractivity contribution in [2.75, 3.05) is 24.8 Å². The molecule has 7 nitrogen and oxygen atoms in total. The van der Waals surface area contributed by atoms with Gasteiger partial charge in [-0.25, -0.2) is 14.3 Å². The fourth-order valence-electron chi connectivity index (χ4n) is 1.84. The molecular weight excluding hydrogens is 323 g/mol. The van der Waals surface area contributed by atoms with Crippen molar-refractivity contribution in [3.05, 3.63) is 40.6 Å². The standard InChI is InChI=1S/C14H17FN4O3S/c1-22-8-2-7-19-13(21)17-18-14(19)23-9-12(20)16-11-5-3-10(15)4-6-11/h3-6H,2,7-9H2,1H3,(H,16,20)(H,17,21). The number of carbonyl (C=O) groups is 1. The smallest absolute Gasteiger partial charge is 0.343 e. The van der Waals surface area contributed by atoms with E-state index in [1.165, 1.54) is 28.8 Å². The molecule has 0 aliphatic rings. The topological polar surface area (TPSA) is 89.0 Å². The lowest BCUT2D eigenvalue weighted by Crippen LogP contribution is -2.19. The molecule has 0 saturated heterocycles. The minimum absolute atomic E-state index is 0.0892. The summed E-state index contributed by atoms with van der Waals surface area (Å²) in [5.74, 6) is -0.541. The Balaban J connectivity index is 1.88. The Morgan fingerprint density at radius 3 is 2.87 bits per heavy atom. The van der Waals surface area contributed by atoms with Gasteiger partial charge in [-0.2, -0.15) is 0 Å². The summed E-state index contributed by atoms with van der Waals surface area (Å²) in [6.07, 6.45) is 0.672. The SMILES string of the molecule is COCCCn1c(SCC(=O)Nc2ccc(F)cc2)n[nH]c1=O. The summed E-state index contributed by atoms with van der Waals surface area (Å²) in [5.41, 5.74) is 0.194. The van der Waals surface area contributed by atoms with Crippen LogP contribution in [0.25, 0.3) is 0 Å². The molecule has 2 rings (SSSR count). The number of aromatic amines is 1. The van der Waals surface area contributed by atoms with Gasteiger partial charge in [0, 0.05) is 25.9 Å². The molecule has 23 heavy (non-hydrogen) atoms. The van der Waals surface area contributed by atoms with Crippen LogP contribution < -0.4 is 11.0 Å². The van der Waals surface area contributed by atoms with Crippen molar-refractivity contribution in [3.63, 3.8) is 0 Å². The number of anilines is 1. The zero-order chi connectivity index (χ0) is 16.7. The Labute approximate surface area is 136 Å². The molecular formula is C14H17FN4O3S. The second kappa shape index (κ2) is 8.49. The van der Waals surface area contributed by atoms with Gasteiger partial charge < -0.3 is 10.1 Å². The van der Waals surface area contributed by atoms with Crippen LogP contribution in [-0.4, -0.2) is 40.1 Å². The second-order valence-electron chi connectivity index (χ2n) is 4.65. The number of amides is 1. The molecule has 124 valence electrons. The molecule has 1 aromatic heterocycles. The highest BCUT2D eigenvalue weighted by molar-refractivity contribution is 7.99. The third kappa shape index (κ3) is 5.22.